The van der Waals surface area contributed by atoms with Crippen LogP contribution in [0.1, 0.15) is 13.3 Å². The van der Waals surface area contributed by atoms with Crippen LogP contribution >= 0.6 is 11.8 Å². The first-order valence-corrected chi connectivity index (χ1v) is 8.83. The van der Waals surface area contributed by atoms with Crippen LogP contribution in [0.2, 0.25) is 6.04 Å². The van der Waals surface area contributed by atoms with E-state index in [0.29, 0.717) is 18.6 Å². The second kappa shape index (κ2) is 9.44. The van der Waals surface area contributed by atoms with E-state index in [1.807, 2.05) is 11.8 Å². The largest absolute Gasteiger partial charge is 0.497 e. The highest BCUT2D eigenvalue weighted by molar-refractivity contribution is 7.98. The summed E-state index contributed by atoms with van der Waals surface area (Å²) in [5.74, 6) is 1.70. The maximum atomic E-state index is 9.76. The first kappa shape index (κ1) is 16.4. The topological polar surface area (TPSA) is 47.9 Å². The van der Waals surface area contributed by atoms with E-state index >= 15 is 0 Å². The predicted octanol–water partition coefficient (Wildman–Crippen LogP) is 1.62. The van der Waals surface area contributed by atoms with Gasteiger partial charge in [0.25, 0.3) is 0 Å². The molecule has 0 aliphatic carbocycles. The van der Waals surface area contributed by atoms with Crippen molar-refractivity contribution in [2.45, 2.75) is 19.4 Å². The Morgan fingerprint density at radius 2 is 1.94 bits per heavy atom. The lowest BCUT2D eigenvalue weighted by Gasteiger charge is -2.19. The first-order chi connectivity index (χ1) is 7.58. The highest BCUT2D eigenvalue weighted by atomic mass is 32.2. The van der Waals surface area contributed by atoms with Gasteiger partial charge in [-0.2, -0.15) is 11.8 Å². The highest BCUT2D eigenvalue weighted by Crippen LogP contribution is 2.11. The van der Waals surface area contributed by atoms with Gasteiger partial charge in [-0.05, 0) is 24.3 Å². The molecule has 0 spiro atoms. The lowest BCUT2D eigenvalue weighted by atomic mass is 10.2. The van der Waals surface area contributed by atoms with Gasteiger partial charge in [-0.25, -0.2) is 0 Å². The molecule has 0 fully saturated rings. The van der Waals surface area contributed by atoms with Crippen LogP contribution in [0.25, 0.3) is 0 Å². The smallest absolute Gasteiger partial charge is 0.390 e. The average Bonchev–Trinajstić information content (AvgIpc) is 2.28. The van der Waals surface area contributed by atoms with Crippen molar-refractivity contribution < 1.29 is 18.4 Å². The Labute approximate surface area is 104 Å². The van der Waals surface area contributed by atoms with Gasteiger partial charge in [0.1, 0.15) is 0 Å². The third-order valence-corrected chi connectivity index (χ3v) is 5.44. The van der Waals surface area contributed by atoms with Crippen LogP contribution in [0.3, 0.4) is 0 Å². The van der Waals surface area contributed by atoms with Gasteiger partial charge in [-0.3, -0.25) is 0 Å². The van der Waals surface area contributed by atoms with Crippen molar-refractivity contribution in [3.8, 4) is 0 Å². The molecule has 1 unspecified atom stereocenters. The zero-order valence-electron chi connectivity index (χ0n) is 10.7. The molecule has 1 N–H and O–H groups in total. The fourth-order valence-electron chi connectivity index (χ4n) is 1.30. The van der Waals surface area contributed by atoms with Crippen molar-refractivity contribution in [2.24, 2.45) is 5.92 Å². The molecule has 98 valence electrons. The van der Waals surface area contributed by atoms with Gasteiger partial charge in [0.05, 0.1) is 0 Å². The first-order valence-electron chi connectivity index (χ1n) is 5.47. The predicted molar refractivity (Wildman–Crippen MR) is 69.8 cm³/mol. The fourth-order valence-corrected chi connectivity index (χ4v) is 3.13. The molecule has 0 amide bonds. The normalized spacial score (nSPS) is 14.1. The Morgan fingerprint density at radius 3 is 2.44 bits per heavy atom. The van der Waals surface area contributed by atoms with E-state index in [-0.39, 0.29) is 0 Å². The van der Waals surface area contributed by atoms with Gasteiger partial charge < -0.3 is 18.4 Å². The van der Waals surface area contributed by atoms with Crippen molar-refractivity contribution in [2.75, 3.05) is 39.4 Å². The van der Waals surface area contributed by atoms with Crippen molar-refractivity contribution in [3.05, 3.63) is 0 Å². The van der Waals surface area contributed by atoms with Crippen LogP contribution in [0.4, 0.5) is 0 Å². The summed E-state index contributed by atoms with van der Waals surface area (Å²) in [4.78, 5) is 9.76. The monoisotopic (exact) mass is 268 g/mol. The minimum Gasteiger partial charge on any atom is -0.390 e. The van der Waals surface area contributed by atoms with Crippen molar-refractivity contribution >= 4 is 20.6 Å². The quantitative estimate of drug-likeness (QED) is 0.482. The van der Waals surface area contributed by atoms with Crippen molar-refractivity contribution in [3.63, 3.8) is 0 Å². The zero-order valence-corrected chi connectivity index (χ0v) is 12.5. The van der Waals surface area contributed by atoms with Gasteiger partial charge in [-0.15, -0.1) is 0 Å². The summed E-state index contributed by atoms with van der Waals surface area (Å²) < 4.78 is 15.5. The van der Waals surface area contributed by atoms with E-state index in [9.17, 15) is 4.80 Å². The van der Waals surface area contributed by atoms with Gasteiger partial charge in [-0.1, -0.05) is 6.92 Å². The van der Waals surface area contributed by atoms with Crippen molar-refractivity contribution in [1.29, 1.82) is 0 Å². The Bertz CT molecular complexity index is 167. The van der Waals surface area contributed by atoms with E-state index in [1.54, 1.807) is 0 Å². The number of ether oxygens (including phenoxy) is 1. The summed E-state index contributed by atoms with van der Waals surface area (Å²) in [6, 6.07) is 0.552. The van der Waals surface area contributed by atoms with Crippen LogP contribution in [0.5, 0.6) is 0 Å². The molecule has 0 aromatic heterocycles. The second-order valence-electron chi connectivity index (χ2n) is 3.86. The minimum absolute atomic E-state index is 0.552. The van der Waals surface area contributed by atoms with Gasteiger partial charge in [0.15, 0.2) is 0 Å². The Balaban J connectivity index is 3.46. The maximum Gasteiger partial charge on any atom is 0.497 e. The molecule has 0 aliphatic rings. The van der Waals surface area contributed by atoms with E-state index in [4.69, 9.17) is 13.6 Å². The van der Waals surface area contributed by atoms with Crippen LogP contribution in [-0.4, -0.2) is 53.0 Å². The summed E-state index contributed by atoms with van der Waals surface area (Å²) in [6.07, 6.45) is 2.87. The third-order valence-electron chi connectivity index (χ3n) is 2.27. The Morgan fingerprint density at radius 1 is 1.31 bits per heavy atom. The van der Waals surface area contributed by atoms with Crippen LogP contribution < -0.4 is 0 Å². The molecule has 0 aliphatic heterocycles. The molecule has 16 heavy (non-hydrogen) atoms. The van der Waals surface area contributed by atoms with E-state index in [1.165, 1.54) is 14.2 Å². The molecular formula is C10H24O4SSi. The van der Waals surface area contributed by atoms with E-state index in [0.717, 1.165) is 18.8 Å². The molecule has 0 radical (unpaired) electrons. The number of hydrogen-bond donors (Lipinski definition) is 1. The molecule has 0 rings (SSSR count). The van der Waals surface area contributed by atoms with E-state index in [2.05, 4.69) is 13.2 Å². The van der Waals surface area contributed by atoms with Crippen molar-refractivity contribution in [1.82, 2.24) is 0 Å². The second-order valence-corrected chi connectivity index (χ2v) is 7.51. The minimum atomic E-state index is -2.87. The molecule has 1 atom stereocenters. The summed E-state index contributed by atoms with van der Waals surface area (Å²) in [5.41, 5.74) is 0. The Hall–Kier alpha value is 0.407. The summed E-state index contributed by atoms with van der Waals surface area (Å²) in [5, 5.41) is 0. The molecule has 6 heteroatoms. The summed E-state index contributed by atoms with van der Waals surface area (Å²) in [6.45, 7) is 3.60. The number of rotatable bonds is 10. The van der Waals surface area contributed by atoms with Crippen LogP contribution in [0, 0.1) is 5.92 Å². The van der Waals surface area contributed by atoms with Crippen LogP contribution in [0.15, 0.2) is 0 Å². The van der Waals surface area contributed by atoms with Crippen LogP contribution in [-0.2, 0) is 13.6 Å². The maximum absolute atomic E-state index is 9.76. The van der Waals surface area contributed by atoms with Gasteiger partial charge >= 0.3 is 8.80 Å². The average molecular weight is 268 g/mol. The van der Waals surface area contributed by atoms with Gasteiger partial charge in [0, 0.05) is 33.5 Å². The SMILES string of the molecule is CO[Si](O)(CCCOCC(C)CSC)OC. The molecule has 0 bridgehead atoms. The molecular weight excluding hydrogens is 244 g/mol. The zero-order chi connectivity index (χ0) is 12.4. The molecule has 4 nitrogen and oxygen atoms in total. The molecule has 0 saturated heterocycles. The number of hydrogen-bond acceptors (Lipinski definition) is 5. The Kier molecular flexibility index (Phi) is 9.68. The van der Waals surface area contributed by atoms with E-state index < -0.39 is 8.80 Å². The summed E-state index contributed by atoms with van der Waals surface area (Å²) >= 11 is 1.83. The summed E-state index contributed by atoms with van der Waals surface area (Å²) in [7, 11) is 0.0927. The van der Waals surface area contributed by atoms with Gasteiger partial charge in [0.2, 0.25) is 0 Å². The lowest BCUT2D eigenvalue weighted by Crippen LogP contribution is -2.40. The molecule has 0 aromatic rings. The standard InChI is InChI=1S/C10H24O4SSi/c1-10(9-15-4)8-14-6-5-7-16(11,12-2)13-3/h10-11H,5-9H2,1-4H3. The molecule has 0 aromatic carbocycles. The number of thioether (sulfide) groups is 1. The molecule has 0 heterocycles. The lowest BCUT2D eigenvalue weighted by molar-refractivity contribution is 0.103. The third kappa shape index (κ3) is 7.64. The molecule has 0 saturated carbocycles. The fraction of sp³-hybridized carbons (Fsp3) is 1.00. The highest BCUT2D eigenvalue weighted by Gasteiger charge is 2.33.